The molecule has 0 unspecified atom stereocenters. The number of carbonyl (C=O) groups excluding carboxylic acids is 4. The molecule has 1 rings (SSSR count). The van der Waals surface area contributed by atoms with Crippen molar-refractivity contribution >= 4 is 23.9 Å². The van der Waals surface area contributed by atoms with Crippen molar-refractivity contribution in [1.29, 1.82) is 0 Å². The highest BCUT2D eigenvalue weighted by Crippen LogP contribution is 2.27. The summed E-state index contributed by atoms with van der Waals surface area (Å²) in [4.78, 5) is 53.3. The van der Waals surface area contributed by atoms with E-state index in [1.807, 2.05) is 44.2 Å². The van der Waals surface area contributed by atoms with Crippen molar-refractivity contribution in [2.45, 2.75) is 112 Å². The molecule has 0 heterocycles. The van der Waals surface area contributed by atoms with E-state index in [-0.39, 0.29) is 24.4 Å². The number of benzene rings is 1. The molecule has 3 atom stereocenters. The summed E-state index contributed by atoms with van der Waals surface area (Å²) in [6, 6.07) is 9.20. The summed E-state index contributed by atoms with van der Waals surface area (Å²) in [7, 11) is 0. The van der Waals surface area contributed by atoms with Gasteiger partial charge in [0.25, 0.3) is 0 Å². The molecule has 3 N–H and O–H groups in total. The van der Waals surface area contributed by atoms with Gasteiger partial charge in [0.1, 0.15) is 28.8 Å². The van der Waals surface area contributed by atoms with Crippen LogP contribution in [0.5, 0.6) is 0 Å². The summed E-state index contributed by atoms with van der Waals surface area (Å²) in [5.41, 5.74) is -4.08. The molecule has 0 saturated carbocycles. The molecule has 0 spiro atoms. The number of amides is 3. The highest BCUT2D eigenvalue weighted by atomic mass is 16.6. The van der Waals surface area contributed by atoms with Gasteiger partial charge in [-0.3, -0.25) is 9.59 Å². The van der Waals surface area contributed by atoms with Crippen LogP contribution in [-0.2, 0) is 30.5 Å². The topological polar surface area (TPSA) is 123 Å². The third-order valence-electron chi connectivity index (χ3n) is 7.55. The van der Waals surface area contributed by atoms with E-state index >= 15 is 0 Å². The fourth-order valence-electron chi connectivity index (χ4n) is 3.44. The number of hydrogen-bond donors (Lipinski definition) is 3. The van der Waals surface area contributed by atoms with Crippen molar-refractivity contribution in [2.75, 3.05) is 0 Å². The van der Waals surface area contributed by atoms with Gasteiger partial charge in [0.2, 0.25) is 11.8 Å². The normalized spacial score (nSPS) is 16.5. The number of alkyl carbamates (subject to hydrolysis) is 1. The van der Waals surface area contributed by atoms with E-state index in [2.05, 4.69) is 16.0 Å². The van der Waals surface area contributed by atoms with Crippen LogP contribution in [0.3, 0.4) is 0 Å². The maximum absolute atomic E-state index is 13.8. The predicted molar refractivity (Wildman–Crippen MR) is 152 cm³/mol. The van der Waals surface area contributed by atoms with Crippen molar-refractivity contribution in [3.05, 3.63) is 35.9 Å². The fraction of sp³-hybridized carbons (Fsp3) is 0.667. The van der Waals surface area contributed by atoms with Crippen LogP contribution in [0.2, 0.25) is 0 Å². The number of esters is 1. The Morgan fingerprint density at radius 3 is 1.49 bits per heavy atom. The minimum absolute atomic E-state index is 0.0486. The molecule has 0 aliphatic heterocycles. The van der Waals surface area contributed by atoms with Crippen LogP contribution in [0.25, 0.3) is 0 Å². The molecule has 0 bridgehead atoms. The number of hydrogen-bond acceptors (Lipinski definition) is 6. The first-order valence-electron chi connectivity index (χ1n) is 13.6. The van der Waals surface area contributed by atoms with Crippen molar-refractivity contribution in [2.24, 2.45) is 17.8 Å². The van der Waals surface area contributed by atoms with Crippen LogP contribution in [0.1, 0.15) is 88.6 Å². The molecule has 0 radical (unpaired) electrons. The molecule has 0 fully saturated rings. The monoisotopic (exact) mass is 547 g/mol. The van der Waals surface area contributed by atoms with Gasteiger partial charge in [-0.25, -0.2) is 9.59 Å². The zero-order valence-electron chi connectivity index (χ0n) is 25.8. The van der Waals surface area contributed by atoms with Gasteiger partial charge in [-0.1, -0.05) is 71.9 Å². The SMILES string of the molecule is CC(C)[C@](C)(NC(=O)OCc1ccccc1)C(=O)N[C@](C)(C(=O)N[C@](C)(C(=O)OC(C)(C)C)C(C)C)C(C)C. The molecule has 0 aliphatic rings. The molecular weight excluding hydrogens is 498 g/mol. The van der Waals surface area contributed by atoms with Gasteiger partial charge in [0.15, 0.2) is 0 Å². The van der Waals surface area contributed by atoms with Gasteiger partial charge in [-0.15, -0.1) is 0 Å². The van der Waals surface area contributed by atoms with Gasteiger partial charge in [0, 0.05) is 0 Å². The average molecular weight is 548 g/mol. The van der Waals surface area contributed by atoms with Crippen LogP contribution < -0.4 is 16.0 Å². The standard InChI is InChI=1S/C30H49N3O6/c1-19(2)28(10,23(34)32-30(12,21(5)6)25(36)39-27(7,8)9)31-24(35)29(11,20(3)4)33-26(37)38-18-22-16-14-13-15-17-22/h13-17,19-21H,18H2,1-12H3,(H,31,35)(H,32,34)(H,33,37)/t28-,29-,30-/m0/s1. The highest BCUT2D eigenvalue weighted by molar-refractivity contribution is 5.98. The maximum atomic E-state index is 13.8. The summed E-state index contributed by atoms with van der Waals surface area (Å²) in [5.74, 6) is -2.66. The lowest BCUT2D eigenvalue weighted by Crippen LogP contribution is -2.70. The largest absolute Gasteiger partial charge is 0.458 e. The van der Waals surface area contributed by atoms with E-state index in [4.69, 9.17) is 9.47 Å². The molecular formula is C30H49N3O6. The average Bonchev–Trinajstić information content (AvgIpc) is 2.81. The fourth-order valence-corrected chi connectivity index (χ4v) is 3.44. The van der Waals surface area contributed by atoms with Crippen LogP contribution in [0.15, 0.2) is 30.3 Å². The minimum Gasteiger partial charge on any atom is -0.458 e. The predicted octanol–water partition coefficient (Wildman–Crippen LogP) is 4.73. The van der Waals surface area contributed by atoms with Crippen molar-refractivity contribution in [3.63, 3.8) is 0 Å². The lowest BCUT2D eigenvalue weighted by molar-refractivity contribution is -0.166. The van der Waals surface area contributed by atoms with Crippen LogP contribution in [0, 0.1) is 17.8 Å². The first-order chi connectivity index (χ1) is 17.7. The summed E-state index contributed by atoms with van der Waals surface area (Å²) in [6.07, 6.45) is -0.752. The Balaban J connectivity index is 3.18. The summed E-state index contributed by atoms with van der Waals surface area (Å²) >= 11 is 0. The number of nitrogens with one attached hydrogen (secondary N) is 3. The van der Waals surface area contributed by atoms with Crippen molar-refractivity contribution in [1.82, 2.24) is 16.0 Å². The molecule has 0 aromatic heterocycles. The Bertz CT molecular complexity index is 1020. The molecule has 220 valence electrons. The molecule has 1 aromatic carbocycles. The van der Waals surface area contributed by atoms with E-state index in [9.17, 15) is 19.2 Å². The molecule has 39 heavy (non-hydrogen) atoms. The van der Waals surface area contributed by atoms with E-state index in [1.54, 1.807) is 69.2 Å². The van der Waals surface area contributed by atoms with Gasteiger partial charge in [0.05, 0.1) is 0 Å². The van der Waals surface area contributed by atoms with Crippen molar-refractivity contribution < 1.29 is 28.7 Å². The molecule has 0 aliphatic carbocycles. The smallest absolute Gasteiger partial charge is 0.408 e. The third kappa shape index (κ3) is 8.70. The Kier molecular flexibility index (Phi) is 11.2. The third-order valence-corrected chi connectivity index (χ3v) is 7.55. The second-order valence-corrected chi connectivity index (χ2v) is 12.7. The van der Waals surface area contributed by atoms with E-state index in [0.717, 1.165) is 5.56 Å². The summed E-state index contributed by atoms with van der Waals surface area (Å²) in [5, 5.41) is 8.43. The molecule has 1 aromatic rings. The van der Waals surface area contributed by atoms with Crippen LogP contribution in [-0.4, -0.2) is 46.1 Å². The van der Waals surface area contributed by atoms with Crippen LogP contribution >= 0.6 is 0 Å². The number of carbonyl (C=O) groups is 4. The van der Waals surface area contributed by atoms with E-state index in [0.29, 0.717) is 0 Å². The molecule has 3 amide bonds. The minimum atomic E-state index is -1.42. The van der Waals surface area contributed by atoms with Crippen molar-refractivity contribution in [3.8, 4) is 0 Å². The van der Waals surface area contributed by atoms with Gasteiger partial charge >= 0.3 is 12.1 Å². The first kappa shape index (κ1) is 33.9. The summed E-state index contributed by atoms with van der Waals surface area (Å²) in [6.45, 7) is 21.0. The number of rotatable bonds is 11. The Morgan fingerprint density at radius 2 is 1.08 bits per heavy atom. The van der Waals surface area contributed by atoms with Gasteiger partial charge < -0.3 is 25.4 Å². The second-order valence-electron chi connectivity index (χ2n) is 12.7. The van der Waals surface area contributed by atoms with Gasteiger partial charge in [-0.2, -0.15) is 0 Å². The zero-order chi connectivity index (χ0) is 30.4. The lowest BCUT2D eigenvalue weighted by Gasteiger charge is -2.42. The first-order valence-corrected chi connectivity index (χ1v) is 13.6. The Labute approximate surface area is 234 Å². The Morgan fingerprint density at radius 1 is 0.667 bits per heavy atom. The lowest BCUT2D eigenvalue weighted by atomic mass is 9.81. The zero-order valence-corrected chi connectivity index (χ0v) is 25.8. The summed E-state index contributed by atoms with van der Waals surface area (Å²) < 4.78 is 10.9. The molecule has 0 saturated heterocycles. The van der Waals surface area contributed by atoms with E-state index in [1.165, 1.54) is 0 Å². The van der Waals surface area contributed by atoms with Gasteiger partial charge in [-0.05, 0) is 64.9 Å². The van der Waals surface area contributed by atoms with E-state index < -0.39 is 46.1 Å². The van der Waals surface area contributed by atoms with Crippen LogP contribution in [0.4, 0.5) is 4.79 Å². The maximum Gasteiger partial charge on any atom is 0.408 e. The quantitative estimate of drug-likeness (QED) is 0.344. The Hall–Kier alpha value is -3.10. The second kappa shape index (κ2) is 12.8. The molecule has 9 heteroatoms. The highest BCUT2D eigenvalue weighted by Gasteiger charge is 2.49. The number of ether oxygens (including phenoxy) is 2. The molecule has 9 nitrogen and oxygen atoms in total.